The summed E-state index contributed by atoms with van der Waals surface area (Å²) in [6.07, 6.45) is 0.291. The number of rotatable bonds is 5. The van der Waals surface area contributed by atoms with Gasteiger partial charge in [0.1, 0.15) is 6.04 Å². The number of carboxylic acids is 1. The Hall–Kier alpha value is -1.88. The van der Waals surface area contributed by atoms with Crippen molar-refractivity contribution in [1.29, 1.82) is 0 Å². The first-order valence-corrected chi connectivity index (χ1v) is 6.30. The Labute approximate surface area is 111 Å². The maximum Gasteiger partial charge on any atom is 0.326 e. The fraction of sp³-hybridized carbons (Fsp3) is 0.429. The predicted molar refractivity (Wildman–Crippen MR) is 68.4 cm³/mol. The molecule has 1 aliphatic rings. The van der Waals surface area contributed by atoms with Gasteiger partial charge in [0.2, 0.25) is 0 Å². The standard InChI is InChI=1S/C14H17NO4/c1-9(14(18)19)15(11-7-8-11)13(17)12(16)10-5-3-2-4-6-10/h2-6,9,11-12,16H,7-8H2,1H3,(H,18,19)/t9?,12-/m1/s1. The summed E-state index contributed by atoms with van der Waals surface area (Å²) < 4.78 is 0. The molecule has 1 amide bonds. The van der Waals surface area contributed by atoms with Gasteiger partial charge in [-0.15, -0.1) is 0 Å². The number of aliphatic carboxylic acids is 1. The molecular weight excluding hydrogens is 246 g/mol. The zero-order valence-electron chi connectivity index (χ0n) is 10.7. The lowest BCUT2D eigenvalue weighted by atomic mass is 10.1. The summed E-state index contributed by atoms with van der Waals surface area (Å²) in [5, 5.41) is 19.1. The van der Waals surface area contributed by atoms with Crippen molar-refractivity contribution in [3.8, 4) is 0 Å². The van der Waals surface area contributed by atoms with Gasteiger partial charge in [-0.05, 0) is 25.3 Å². The number of aliphatic hydroxyl groups excluding tert-OH is 1. The highest BCUT2D eigenvalue weighted by molar-refractivity contribution is 5.87. The largest absolute Gasteiger partial charge is 0.480 e. The second-order valence-electron chi connectivity index (χ2n) is 4.80. The summed E-state index contributed by atoms with van der Waals surface area (Å²) in [5.74, 6) is -1.59. The molecule has 0 radical (unpaired) electrons. The van der Waals surface area contributed by atoms with Crippen LogP contribution in [0.3, 0.4) is 0 Å². The van der Waals surface area contributed by atoms with Crippen LogP contribution in [0.1, 0.15) is 31.4 Å². The van der Waals surface area contributed by atoms with E-state index >= 15 is 0 Å². The number of aliphatic hydroxyl groups is 1. The first-order chi connectivity index (χ1) is 9.02. The normalized spacial score (nSPS) is 17.6. The molecule has 1 aromatic rings. The van der Waals surface area contributed by atoms with Crippen molar-refractivity contribution in [2.75, 3.05) is 0 Å². The SMILES string of the molecule is CC(C(=O)O)N(C(=O)[C@H](O)c1ccccc1)C1CC1. The molecule has 102 valence electrons. The highest BCUT2D eigenvalue weighted by atomic mass is 16.4. The van der Waals surface area contributed by atoms with Gasteiger partial charge in [0, 0.05) is 6.04 Å². The van der Waals surface area contributed by atoms with Crippen LogP contribution in [0.25, 0.3) is 0 Å². The van der Waals surface area contributed by atoms with E-state index in [1.54, 1.807) is 30.3 Å². The topological polar surface area (TPSA) is 77.8 Å². The third-order valence-corrected chi connectivity index (χ3v) is 3.32. The van der Waals surface area contributed by atoms with Crippen molar-refractivity contribution in [2.24, 2.45) is 0 Å². The van der Waals surface area contributed by atoms with Gasteiger partial charge in [0.05, 0.1) is 0 Å². The number of carbonyl (C=O) groups excluding carboxylic acids is 1. The molecule has 5 heteroatoms. The van der Waals surface area contributed by atoms with Crippen LogP contribution in [-0.2, 0) is 9.59 Å². The molecule has 1 saturated carbocycles. The van der Waals surface area contributed by atoms with Gasteiger partial charge >= 0.3 is 5.97 Å². The molecular formula is C14H17NO4. The quantitative estimate of drug-likeness (QED) is 0.836. The van der Waals surface area contributed by atoms with Crippen LogP contribution in [0.15, 0.2) is 30.3 Å². The van der Waals surface area contributed by atoms with E-state index in [0.717, 1.165) is 12.8 Å². The van der Waals surface area contributed by atoms with E-state index in [9.17, 15) is 14.7 Å². The first-order valence-electron chi connectivity index (χ1n) is 6.30. The number of nitrogens with zero attached hydrogens (tertiary/aromatic N) is 1. The maximum atomic E-state index is 12.3. The minimum atomic E-state index is -1.30. The van der Waals surface area contributed by atoms with E-state index in [0.29, 0.717) is 5.56 Å². The van der Waals surface area contributed by atoms with Crippen molar-refractivity contribution in [2.45, 2.75) is 38.0 Å². The Morgan fingerprint density at radius 2 is 1.84 bits per heavy atom. The van der Waals surface area contributed by atoms with E-state index in [-0.39, 0.29) is 6.04 Å². The third-order valence-electron chi connectivity index (χ3n) is 3.32. The van der Waals surface area contributed by atoms with E-state index in [1.165, 1.54) is 11.8 Å². The fourth-order valence-electron chi connectivity index (χ4n) is 2.08. The molecule has 1 fully saturated rings. The maximum absolute atomic E-state index is 12.3. The Morgan fingerprint density at radius 1 is 1.26 bits per heavy atom. The van der Waals surface area contributed by atoms with Crippen molar-refractivity contribution in [3.63, 3.8) is 0 Å². The smallest absolute Gasteiger partial charge is 0.326 e. The van der Waals surface area contributed by atoms with Crippen molar-refractivity contribution in [3.05, 3.63) is 35.9 Å². The molecule has 19 heavy (non-hydrogen) atoms. The summed E-state index contributed by atoms with van der Waals surface area (Å²) >= 11 is 0. The van der Waals surface area contributed by atoms with Crippen LogP contribution in [0.5, 0.6) is 0 Å². The Balaban J connectivity index is 2.18. The molecule has 0 bridgehead atoms. The molecule has 2 atom stereocenters. The fourth-order valence-corrected chi connectivity index (χ4v) is 2.08. The van der Waals surface area contributed by atoms with E-state index < -0.39 is 24.0 Å². The van der Waals surface area contributed by atoms with Crippen LogP contribution in [-0.4, -0.2) is 39.1 Å². The van der Waals surface area contributed by atoms with Crippen LogP contribution in [0.2, 0.25) is 0 Å². The summed E-state index contributed by atoms with van der Waals surface area (Å²) in [7, 11) is 0. The van der Waals surface area contributed by atoms with Crippen molar-refractivity contribution in [1.82, 2.24) is 4.90 Å². The molecule has 0 saturated heterocycles. The molecule has 1 aliphatic carbocycles. The molecule has 0 aromatic heterocycles. The van der Waals surface area contributed by atoms with Crippen molar-refractivity contribution < 1.29 is 19.8 Å². The zero-order chi connectivity index (χ0) is 14.0. The van der Waals surface area contributed by atoms with Crippen molar-refractivity contribution >= 4 is 11.9 Å². The van der Waals surface area contributed by atoms with Gasteiger partial charge < -0.3 is 15.1 Å². The van der Waals surface area contributed by atoms with E-state index in [2.05, 4.69) is 0 Å². The summed E-state index contributed by atoms with van der Waals surface area (Å²) in [4.78, 5) is 24.6. The average molecular weight is 263 g/mol. The van der Waals surface area contributed by atoms with Gasteiger partial charge in [-0.1, -0.05) is 30.3 Å². The molecule has 0 spiro atoms. The van der Waals surface area contributed by atoms with Crippen LogP contribution >= 0.6 is 0 Å². The molecule has 5 nitrogen and oxygen atoms in total. The summed E-state index contributed by atoms with van der Waals surface area (Å²) in [5.41, 5.74) is 0.482. The Bertz CT molecular complexity index is 470. The third kappa shape index (κ3) is 2.93. The van der Waals surface area contributed by atoms with Crippen LogP contribution < -0.4 is 0 Å². The minimum absolute atomic E-state index is 0.0584. The minimum Gasteiger partial charge on any atom is -0.480 e. The monoisotopic (exact) mass is 263 g/mol. The number of carboxylic acid groups (broad SMARTS) is 1. The molecule has 2 rings (SSSR count). The van der Waals surface area contributed by atoms with Gasteiger partial charge in [0.25, 0.3) is 5.91 Å². The Morgan fingerprint density at radius 3 is 2.32 bits per heavy atom. The van der Waals surface area contributed by atoms with Gasteiger partial charge in [-0.25, -0.2) is 4.79 Å². The number of hydrogen-bond acceptors (Lipinski definition) is 3. The predicted octanol–water partition coefficient (Wildman–Crippen LogP) is 1.18. The second-order valence-corrected chi connectivity index (χ2v) is 4.80. The lowest BCUT2D eigenvalue weighted by Crippen LogP contribution is -2.46. The number of carbonyl (C=O) groups is 2. The first kappa shape index (κ1) is 13.5. The molecule has 1 aromatic carbocycles. The van der Waals surface area contributed by atoms with Gasteiger partial charge in [-0.3, -0.25) is 4.79 Å². The second kappa shape index (κ2) is 5.40. The lowest BCUT2D eigenvalue weighted by molar-refractivity contribution is -0.154. The summed E-state index contributed by atoms with van der Waals surface area (Å²) in [6, 6.07) is 7.58. The van der Waals surface area contributed by atoms with Crippen LogP contribution in [0, 0.1) is 0 Å². The number of benzene rings is 1. The highest BCUT2D eigenvalue weighted by Crippen LogP contribution is 2.31. The highest BCUT2D eigenvalue weighted by Gasteiger charge is 2.40. The molecule has 0 heterocycles. The molecule has 1 unspecified atom stereocenters. The molecule has 0 aliphatic heterocycles. The lowest BCUT2D eigenvalue weighted by Gasteiger charge is -2.28. The van der Waals surface area contributed by atoms with Crippen LogP contribution in [0.4, 0.5) is 0 Å². The number of amides is 1. The van der Waals surface area contributed by atoms with Gasteiger partial charge in [-0.2, -0.15) is 0 Å². The Kier molecular flexibility index (Phi) is 3.85. The van der Waals surface area contributed by atoms with E-state index in [4.69, 9.17) is 5.11 Å². The summed E-state index contributed by atoms with van der Waals surface area (Å²) in [6.45, 7) is 1.47. The van der Waals surface area contributed by atoms with E-state index in [1.807, 2.05) is 0 Å². The molecule has 2 N–H and O–H groups in total. The zero-order valence-corrected chi connectivity index (χ0v) is 10.7. The average Bonchev–Trinajstić information content (AvgIpc) is 3.23. The van der Waals surface area contributed by atoms with Gasteiger partial charge in [0.15, 0.2) is 6.10 Å². The number of hydrogen-bond donors (Lipinski definition) is 2.